The van der Waals surface area contributed by atoms with Crippen LogP contribution in [0, 0.1) is 61.4 Å². The summed E-state index contributed by atoms with van der Waals surface area (Å²) in [6.45, 7) is 0. The fourth-order valence-electron chi connectivity index (χ4n) is 0.265. The Balaban J connectivity index is 0. The largest absolute Gasteiger partial charge is 0.255 e. The Bertz CT molecular complexity index is 395. The Morgan fingerprint density at radius 1 is 0.533 bits per heavy atom. The molecule has 0 amide bonds. The van der Waals surface area contributed by atoms with Gasteiger partial charge in [-0.15, -0.1) is 0 Å². The summed E-state index contributed by atoms with van der Waals surface area (Å²) in [4.78, 5) is 6.19. The Labute approximate surface area is 83.1 Å². The molecule has 0 bridgehead atoms. The van der Waals surface area contributed by atoms with E-state index in [1.807, 2.05) is 0 Å². The summed E-state index contributed by atoms with van der Waals surface area (Å²) in [5.74, 6) is 0. The summed E-state index contributed by atoms with van der Waals surface area (Å²) in [7, 11) is -6.17. The molecule has 0 radical (unpaired) electrons. The van der Waals surface area contributed by atoms with Crippen molar-refractivity contribution >= 4 is 0 Å². The van der Waals surface area contributed by atoms with E-state index in [2.05, 4.69) is 0 Å². The molecule has 0 unspecified atom stereocenters. The topological polar surface area (TPSA) is 183 Å². The average Bonchev–Trinajstić information content (AvgIpc) is 2.39. The van der Waals surface area contributed by atoms with Gasteiger partial charge in [-0.3, -0.25) is 10.5 Å². The van der Waals surface area contributed by atoms with Crippen LogP contribution in [0.5, 0.6) is 0 Å². The molecule has 0 aliphatic heterocycles. The second kappa shape index (κ2) is 3.63. The van der Waals surface area contributed by atoms with Crippen LogP contribution in [-0.4, -0.2) is 10.5 Å². The summed E-state index contributed by atoms with van der Waals surface area (Å²) in [5, 5.41) is 63.5. The minimum atomic E-state index is -6.17. The molecule has 0 aromatic heterocycles. The van der Waals surface area contributed by atoms with E-state index in [1.54, 1.807) is 0 Å². The van der Waals surface area contributed by atoms with E-state index in [9.17, 15) is 0 Å². The third-order valence-electron chi connectivity index (χ3n) is 1.19. The monoisotopic (exact) mass is 246 g/mol. The van der Waals surface area contributed by atoms with E-state index in [-0.39, 0.29) is 0 Å². The van der Waals surface area contributed by atoms with Crippen LogP contribution in [0.1, 0.15) is 0 Å². The first-order valence-corrected chi connectivity index (χ1v) is 5.91. The minimum absolute atomic E-state index is 1.03. The summed E-state index contributed by atoms with van der Waals surface area (Å²) in [6.07, 6.45) is 0. The van der Waals surface area contributed by atoms with Gasteiger partial charge in [0.1, 0.15) is 0 Å². The maximum absolute atomic E-state index is 8.58. The molecule has 8 nitrogen and oxygen atoms in total. The van der Waals surface area contributed by atoms with Gasteiger partial charge in [-0.2, -0.15) is 0 Å². The van der Waals surface area contributed by atoms with Gasteiger partial charge in [0.25, 0.3) is 0 Å². The van der Waals surface area contributed by atoms with Crippen molar-refractivity contribution in [1.82, 2.24) is 0 Å². The fraction of sp³-hybridized carbons (Fsp3) is 0. The van der Waals surface area contributed by atoms with Crippen LogP contribution in [0.4, 0.5) is 0 Å². The summed E-state index contributed by atoms with van der Waals surface area (Å²) >= 11 is 0. The van der Waals surface area contributed by atoms with Gasteiger partial charge in [0, 0.05) is 0 Å². The first-order chi connectivity index (χ1) is 6.97. The van der Waals surface area contributed by atoms with E-state index in [0.29, 0.717) is 0 Å². The van der Waals surface area contributed by atoms with Crippen LogP contribution in [0.25, 0.3) is 0 Å². The van der Waals surface area contributed by atoms with Crippen molar-refractivity contribution in [2.24, 2.45) is 0 Å². The Kier molecular flexibility index (Phi) is 3.60. The van der Waals surface area contributed by atoms with Crippen molar-refractivity contribution < 1.29 is 21.2 Å². The minimum Gasteiger partial charge on any atom is -0.255 e. The van der Waals surface area contributed by atoms with Gasteiger partial charge < -0.3 is 0 Å². The van der Waals surface area contributed by atoms with Crippen molar-refractivity contribution in [2.45, 2.75) is 0 Å². The molecule has 15 heavy (non-hydrogen) atoms. The molecule has 0 saturated heterocycles. The van der Waals surface area contributed by atoms with Crippen LogP contribution in [-0.2, 0) is 10.7 Å². The molecule has 0 atom stereocenters. The van der Waals surface area contributed by atoms with Crippen LogP contribution in [0.15, 0.2) is 0 Å². The van der Waals surface area contributed by atoms with Gasteiger partial charge in [-0.1, -0.05) is 0 Å². The summed E-state index contributed by atoms with van der Waals surface area (Å²) in [5.41, 5.74) is 0. The van der Waals surface area contributed by atoms with E-state index < -0.39 is 10.7 Å². The van der Waals surface area contributed by atoms with Crippen molar-refractivity contribution in [3.8, 4) is 29.8 Å². The Morgan fingerprint density at radius 2 is 0.667 bits per heavy atom. The molecule has 0 fully saturated rings. The van der Waals surface area contributed by atoms with Gasteiger partial charge in [-0.05, 0) is 0 Å². The third-order valence-corrected chi connectivity index (χ3v) is 4.89. The van der Waals surface area contributed by atoms with Gasteiger partial charge in [0.15, 0.2) is 0 Å². The maximum Gasteiger partial charge on any atom is -0.255 e. The normalized spacial score (nSPS) is 12.0. The molecule has 9 heteroatoms. The Morgan fingerprint density at radius 3 is 0.667 bits per heavy atom. The van der Waals surface area contributed by atoms with E-state index in [4.69, 9.17) is 42.1 Å². The van der Waals surface area contributed by atoms with Crippen LogP contribution in [0.2, 0.25) is 0 Å². The quantitative estimate of drug-likeness (QED) is 0.342. The molecule has 0 heterocycles. The summed E-state index contributed by atoms with van der Waals surface area (Å²) < 4.78 is 0. The molecular formula is C6H2FeN6O2. The molecule has 76 valence electrons. The SMILES string of the molecule is N#[C][Fe]([C]#N)([C]#N)([C]#N)([C]#N)[C]#N.OO. The van der Waals surface area contributed by atoms with Crippen molar-refractivity contribution in [3.63, 3.8) is 0 Å². The zero-order valence-corrected chi connectivity index (χ0v) is 8.04. The molecule has 0 aliphatic carbocycles. The predicted octanol–water partition coefficient (Wildman–Crippen LogP) is 0.116. The number of nitrogens with zero attached hydrogens (tertiary/aromatic N) is 6. The van der Waals surface area contributed by atoms with Gasteiger partial charge >= 0.3 is 72.1 Å². The Hall–Kier alpha value is -2.62. The number of hydrogen-bond donors (Lipinski definition) is 2. The molecule has 0 aromatic rings. The molecular weight excluding hydrogens is 244 g/mol. The smallest absolute Gasteiger partial charge is 0.255 e. The zero-order chi connectivity index (χ0) is 12.7. The van der Waals surface area contributed by atoms with E-state index in [1.165, 1.54) is 0 Å². The van der Waals surface area contributed by atoms with Crippen LogP contribution in [0.3, 0.4) is 0 Å². The van der Waals surface area contributed by atoms with Crippen molar-refractivity contribution in [2.75, 3.05) is 0 Å². The molecule has 2 N–H and O–H groups in total. The molecule has 0 aromatic carbocycles. The zero-order valence-electron chi connectivity index (χ0n) is 6.93. The molecule has 0 aliphatic rings. The van der Waals surface area contributed by atoms with Crippen LogP contribution >= 0.6 is 0 Å². The third kappa shape index (κ3) is 1.34. The molecule has 0 spiro atoms. The van der Waals surface area contributed by atoms with E-state index >= 15 is 0 Å². The average molecular weight is 246 g/mol. The van der Waals surface area contributed by atoms with Crippen LogP contribution < -0.4 is 0 Å². The standard InChI is InChI=1S/6CN.Fe.H2O2/c6*1-2;;1-2/h;;;;;;;1-2H. The van der Waals surface area contributed by atoms with E-state index in [0.717, 1.165) is 29.8 Å². The molecule has 0 rings (SSSR count). The van der Waals surface area contributed by atoms with Gasteiger partial charge in [-0.25, -0.2) is 0 Å². The second-order valence-electron chi connectivity index (χ2n) is 1.80. The summed E-state index contributed by atoms with van der Waals surface area (Å²) in [6, 6.07) is 0. The number of rotatable bonds is 0. The maximum atomic E-state index is 8.58. The van der Waals surface area contributed by atoms with Gasteiger partial charge in [0.05, 0.1) is 0 Å². The number of hydrogen-bond acceptors (Lipinski definition) is 8. The van der Waals surface area contributed by atoms with Gasteiger partial charge in [0.2, 0.25) is 0 Å². The second-order valence-corrected chi connectivity index (χ2v) is 7.42. The fourth-order valence-corrected chi connectivity index (χ4v) is 1.09. The first-order valence-electron chi connectivity index (χ1n) is 2.60. The predicted molar refractivity (Wildman–Crippen MR) is 38.9 cm³/mol. The molecule has 0 saturated carbocycles. The number of nitriles is 6. The first kappa shape index (κ1) is 14.9. The van der Waals surface area contributed by atoms with Crippen molar-refractivity contribution in [1.29, 1.82) is 31.6 Å². The van der Waals surface area contributed by atoms with Crippen molar-refractivity contribution in [3.05, 3.63) is 0 Å².